The van der Waals surface area contributed by atoms with E-state index in [0.29, 0.717) is 12.3 Å². The van der Waals surface area contributed by atoms with Gasteiger partial charge in [-0.3, -0.25) is 9.79 Å². The fraction of sp³-hybridized carbons (Fsp3) is 0.375. The summed E-state index contributed by atoms with van der Waals surface area (Å²) in [4.78, 5) is 18.1. The van der Waals surface area contributed by atoms with E-state index >= 15 is 0 Å². The van der Waals surface area contributed by atoms with Gasteiger partial charge in [-0.05, 0) is 85.1 Å². The Balaban J connectivity index is 0.00000342. The zero-order valence-electron chi connectivity index (χ0n) is 22.0. The number of rotatable bonds is 5. The number of benzene rings is 2. The highest BCUT2D eigenvalue weighted by Crippen LogP contribution is 2.39. The van der Waals surface area contributed by atoms with Crippen LogP contribution in [0.2, 0.25) is 0 Å². The van der Waals surface area contributed by atoms with Crippen LogP contribution >= 0.6 is 0 Å². The summed E-state index contributed by atoms with van der Waals surface area (Å²) in [6.45, 7) is 13.1. The van der Waals surface area contributed by atoms with Crippen LogP contribution in [0.25, 0.3) is 5.57 Å². The third-order valence-corrected chi connectivity index (χ3v) is 7.34. The predicted molar refractivity (Wildman–Crippen MR) is 148 cm³/mol. The van der Waals surface area contributed by atoms with Gasteiger partial charge in [-0.15, -0.1) is 0 Å². The molecule has 2 aromatic rings. The Kier molecular flexibility index (Phi) is 8.45. The summed E-state index contributed by atoms with van der Waals surface area (Å²) in [5, 5.41) is 0. The van der Waals surface area contributed by atoms with E-state index in [-0.39, 0.29) is 17.3 Å². The van der Waals surface area contributed by atoms with Crippen molar-refractivity contribution in [3.8, 4) is 0 Å². The van der Waals surface area contributed by atoms with E-state index in [1.54, 1.807) is 0 Å². The van der Waals surface area contributed by atoms with Gasteiger partial charge in [0.05, 0.1) is 11.8 Å². The SMILES string of the molecule is C/C=C1\C=C2C(=CC(=O)C1)[C@H](C)N=C(c1ccc(C)cc1)c1cc(CC)c(CC(C)CC)cc12.O. The van der Waals surface area contributed by atoms with Gasteiger partial charge in [-0.25, -0.2) is 0 Å². The average molecular weight is 470 g/mol. The fourth-order valence-electron chi connectivity index (χ4n) is 5.01. The van der Waals surface area contributed by atoms with Gasteiger partial charge in [0, 0.05) is 17.5 Å². The summed E-state index contributed by atoms with van der Waals surface area (Å²) in [5.74, 6) is 0.783. The topological polar surface area (TPSA) is 60.9 Å². The van der Waals surface area contributed by atoms with Crippen molar-refractivity contribution in [3.05, 3.63) is 99.2 Å². The van der Waals surface area contributed by atoms with Gasteiger partial charge < -0.3 is 5.48 Å². The molecule has 0 saturated heterocycles. The van der Waals surface area contributed by atoms with Crippen molar-refractivity contribution in [2.45, 2.75) is 73.3 Å². The summed E-state index contributed by atoms with van der Waals surface area (Å²) in [6.07, 6.45) is 9.83. The lowest BCUT2D eigenvalue weighted by Gasteiger charge is -2.20. The summed E-state index contributed by atoms with van der Waals surface area (Å²) in [5.41, 5.74) is 11.9. The number of aliphatic imine (C=N–C) groups is 1. The molecule has 3 nitrogen and oxygen atoms in total. The number of hydrogen-bond acceptors (Lipinski definition) is 2. The lowest BCUT2D eigenvalue weighted by Crippen LogP contribution is -2.10. The van der Waals surface area contributed by atoms with E-state index in [2.05, 4.69) is 83.2 Å². The number of carbonyl (C=O) groups is 1. The van der Waals surface area contributed by atoms with Crippen molar-refractivity contribution < 1.29 is 10.3 Å². The largest absolute Gasteiger partial charge is 0.412 e. The Labute approximate surface area is 210 Å². The Bertz CT molecular complexity index is 1220. The zero-order valence-corrected chi connectivity index (χ0v) is 22.0. The molecule has 1 aliphatic carbocycles. The first-order valence-electron chi connectivity index (χ1n) is 12.8. The van der Waals surface area contributed by atoms with Gasteiger partial charge in [0.25, 0.3) is 0 Å². The van der Waals surface area contributed by atoms with E-state index < -0.39 is 0 Å². The lowest BCUT2D eigenvalue weighted by molar-refractivity contribution is -0.114. The van der Waals surface area contributed by atoms with Gasteiger partial charge in [0.2, 0.25) is 0 Å². The van der Waals surface area contributed by atoms with Gasteiger partial charge in [-0.1, -0.05) is 75.2 Å². The standard InChI is InChI=1S/C32H37NO.H2O/c1-7-20(4)14-26-18-30-29-16-23(8-2)15-27(34)19-28(29)22(6)33-32(31(30)17-24(26)9-3)25-12-10-21(5)11-13-25;/h8,10-13,16-20,22H,7,9,14-15H2,1-6H3;1H2/b23-8-;/t20?,22-;/m0./s1. The number of hydrogen-bond donors (Lipinski definition) is 0. The van der Waals surface area contributed by atoms with E-state index in [4.69, 9.17) is 4.99 Å². The first-order chi connectivity index (χ1) is 16.3. The molecule has 35 heavy (non-hydrogen) atoms. The second-order valence-corrected chi connectivity index (χ2v) is 9.92. The molecular weight excluding hydrogens is 430 g/mol. The summed E-state index contributed by atoms with van der Waals surface area (Å²) >= 11 is 0. The minimum Gasteiger partial charge on any atom is -0.412 e. The fourth-order valence-corrected chi connectivity index (χ4v) is 5.01. The number of carbonyl (C=O) groups excluding carboxylic acids is 1. The smallest absolute Gasteiger partial charge is 0.160 e. The van der Waals surface area contributed by atoms with Crippen LogP contribution in [0.3, 0.4) is 0 Å². The summed E-state index contributed by atoms with van der Waals surface area (Å²) < 4.78 is 0. The van der Waals surface area contributed by atoms with Crippen LogP contribution in [-0.4, -0.2) is 23.0 Å². The third kappa shape index (κ3) is 5.46. The van der Waals surface area contributed by atoms with Crippen molar-refractivity contribution in [1.29, 1.82) is 0 Å². The summed E-state index contributed by atoms with van der Waals surface area (Å²) in [6, 6.07) is 13.4. The highest BCUT2D eigenvalue weighted by Gasteiger charge is 2.28. The molecule has 0 spiro atoms. The minimum atomic E-state index is -0.0989. The molecule has 1 unspecified atom stereocenters. The molecular formula is C32H39NO2. The Morgan fingerprint density at radius 1 is 1.06 bits per heavy atom. The third-order valence-electron chi connectivity index (χ3n) is 7.34. The maximum Gasteiger partial charge on any atom is 0.160 e. The molecule has 4 rings (SSSR count). The molecule has 0 saturated carbocycles. The van der Waals surface area contributed by atoms with Crippen molar-refractivity contribution in [1.82, 2.24) is 0 Å². The van der Waals surface area contributed by atoms with Crippen molar-refractivity contribution in [2.75, 3.05) is 0 Å². The molecule has 0 aromatic heterocycles. The van der Waals surface area contributed by atoms with Crippen molar-refractivity contribution >= 4 is 17.1 Å². The predicted octanol–water partition coefficient (Wildman–Crippen LogP) is 6.79. The molecule has 184 valence electrons. The van der Waals surface area contributed by atoms with Crippen LogP contribution in [0.1, 0.15) is 80.8 Å². The van der Waals surface area contributed by atoms with Crippen molar-refractivity contribution in [2.24, 2.45) is 10.9 Å². The Morgan fingerprint density at radius 2 is 1.74 bits per heavy atom. The van der Waals surface area contributed by atoms with E-state index in [1.807, 2.05) is 13.0 Å². The molecule has 2 N–H and O–H groups in total. The molecule has 0 fully saturated rings. The van der Waals surface area contributed by atoms with E-state index in [1.165, 1.54) is 34.2 Å². The molecule has 0 bridgehead atoms. The first kappa shape index (κ1) is 26.6. The van der Waals surface area contributed by atoms with Crippen LogP contribution in [0.15, 0.2) is 70.8 Å². The molecule has 0 radical (unpaired) electrons. The Morgan fingerprint density at radius 3 is 2.37 bits per heavy atom. The van der Waals surface area contributed by atoms with Gasteiger partial charge >= 0.3 is 0 Å². The Hall–Kier alpha value is -3.04. The molecule has 2 atom stereocenters. The number of nitrogens with zero attached hydrogens (tertiary/aromatic N) is 1. The highest BCUT2D eigenvalue weighted by atomic mass is 16.1. The van der Waals surface area contributed by atoms with Gasteiger partial charge in [0.15, 0.2) is 5.78 Å². The molecule has 2 aliphatic rings. The normalized spacial score (nSPS) is 19.4. The molecule has 1 aliphatic heterocycles. The molecule has 3 heteroatoms. The number of aryl methyl sites for hydroxylation is 2. The minimum absolute atomic E-state index is 0. The number of ketones is 1. The van der Waals surface area contributed by atoms with Crippen LogP contribution < -0.4 is 0 Å². The summed E-state index contributed by atoms with van der Waals surface area (Å²) in [7, 11) is 0. The maximum absolute atomic E-state index is 12.8. The second-order valence-electron chi connectivity index (χ2n) is 9.92. The van der Waals surface area contributed by atoms with E-state index in [0.717, 1.165) is 40.8 Å². The van der Waals surface area contributed by atoms with Gasteiger partial charge in [0.1, 0.15) is 0 Å². The molecule has 1 heterocycles. The van der Waals surface area contributed by atoms with Crippen molar-refractivity contribution in [3.63, 3.8) is 0 Å². The molecule has 2 aromatic carbocycles. The van der Waals surface area contributed by atoms with Crippen LogP contribution in [0, 0.1) is 12.8 Å². The lowest BCUT2D eigenvalue weighted by atomic mass is 9.83. The van der Waals surface area contributed by atoms with E-state index in [9.17, 15) is 4.79 Å². The molecule has 0 amide bonds. The highest BCUT2D eigenvalue weighted by molar-refractivity contribution is 6.18. The van der Waals surface area contributed by atoms with Crippen LogP contribution in [-0.2, 0) is 17.6 Å². The quantitative estimate of drug-likeness (QED) is 0.475. The van der Waals surface area contributed by atoms with Gasteiger partial charge in [-0.2, -0.15) is 0 Å². The maximum atomic E-state index is 12.8. The van der Waals surface area contributed by atoms with Crippen LogP contribution in [0.5, 0.6) is 0 Å². The second kappa shape index (κ2) is 11.1. The first-order valence-corrected chi connectivity index (χ1v) is 12.8. The zero-order chi connectivity index (χ0) is 24.4. The number of allylic oxidation sites excluding steroid dienone is 4. The van der Waals surface area contributed by atoms with Crippen LogP contribution in [0.4, 0.5) is 0 Å². The average Bonchev–Trinajstić information content (AvgIpc) is 3.06. The number of fused-ring (bicyclic) bond motifs is 3. The monoisotopic (exact) mass is 469 g/mol.